The summed E-state index contributed by atoms with van der Waals surface area (Å²) in [6.45, 7) is 0. The smallest absolute Gasteiger partial charge is 0.333 e. The number of thiazole rings is 1. The minimum absolute atomic E-state index is 0.730. The molecule has 23 heavy (non-hydrogen) atoms. The van der Waals surface area contributed by atoms with E-state index in [4.69, 9.17) is 9.15 Å². The molecule has 0 unspecified atom stereocenters. The molecular weight excluding hydrogens is 310 g/mol. The molecule has 4 aromatic rings. The van der Waals surface area contributed by atoms with Crippen molar-refractivity contribution in [2.45, 2.75) is 0 Å². The van der Waals surface area contributed by atoms with Gasteiger partial charge < -0.3 is 14.5 Å². The number of H-pyrrole nitrogens is 1. The number of aromatic amines is 1. The maximum absolute atomic E-state index is 5.48. The zero-order chi connectivity index (χ0) is 15.6. The molecule has 0 saturated heterocycles. The third-order valence-corrected chi connectivity index (χ3v) is 4.43. The number of ether oxygens (including phenoxy) is 1. The molecule has 0 saturated carbocycles. The Balaban J connectivity index is 1.66. The summed E-state index contributed by atoms with van der Waals surface area (Å²) < 4.78 is 12.0. The van der Waals surface area contributed by atoms with E-state index in [9.17, 15) is 0 Å². The minimum Gasteiger partial charge on any atom is -0.496 e. The van der Waals surface area contributed by atoms with Crippen molar-refractivity contribution in [2.24, 2.45) is 0 Å². The molecule has 2 heterocycles. The molecule has 0 bridgehead atoms. The van der Waals surface area contributed by atoms with Gasteiger partial charge in [0, 0.05) is 11.8 Å². The first-order valence-corrected chi connectivity index (χ1v) is 7.91. The summed E-state index contributed by atoms with van der Waals surface area (Å²) in [5.41, 5.74) is 2.80. The lowest BCUT2D eigenvalue weighted by Crippen LogP contribution is -1.93. The van der Waals surface area contributed by atoms with Crippen molar-refractivity contribution in [3.8, 4) is 17.1 Å². The molecule has 2 aromatic heterocycles. The van der Waals surface area contributed by atoms with E-state index in [0.717, 1.165) is 38.1 Å². The summed E-state index contributed by atoms with van der Waals surface area (Å²) in [7, 11) is 1.65. The Hall–Kier alpha value is -2.86. The highest BCUT2D eigenvalue weighted by molar-refractivity contribution is 7.22. The van der Waals surface area contributed by atoms with Crippen molar-refractivity contribution in [2.75, 3.05) is 12.4 Å². The second-order valence-electron chi connectivity index (χ2n) is 4.94. The van der Waals surface area contributed by atoms with E-state index in [1.807, 2.05) is 36.4 Å². The van der Waals surface area contributed by atoms with Crippen LogP contribution in [0.5, 0.6) is 5.75 Å². The SMILES string of the molecule is COc1cc(Nc2nc3ccccc3s2)ccc1-c1c[nH+]co1. The molecule has 6 heteroatoms. The highest BCUT2D eigenvalue weighted by Gasteiger charge is 2.13. The Morgan fingerprint density at radius 3 is 2.91 bits per heavy atom. The molecule has 0 aliphatic heterocycles. The van der Waals surface area contributed by atoms with Crippen LogP contribution in [0.1, 0.15) is 0 Å². The van der Waals surface area contributed by atoms with Crippen LogP contribution in [0.3, 0.4) is 0 Å². The number of fused-ring (bicyclic) bond motifs is 1. The number of rotatable bonds is 4. The minimum atomic E-state index is 0.730. The van der Waals surface area contributed by atoms with Gasteiger partial charge in [-0.2, -0.15) is 4.98 Å². The van der Waals surface area contributed by atoms with Gasteiger partial charge in [-0.25, -0.2) is 4.98 Å². The van der Waals surface area contributed by atoms with Crippen molar-refractivity contribution in [3.63, 3.8) is 0 Å². The predicted octanol–water partition coefficient (Wildman–Crippen LogP) is 4.12. The zero-order valence-electron chi connectivity index (χ0n) is 12.4. The van der Waals surface area contributed by atoms with Crippen LogP contribution in [0.25, 0.3) is 21.5 Å². The first-order valence-electron chi connectivity index (χ1n) is 7.09. The number of oxazole rings is 1. The lowest BCUT2D eigenvalue weighted by Gasteiger charge is -2.08. The third kappa shape index (κ3) is 2.64. The number of nitrogens with zero attached hydrogens (tertiary/aromatic N) is 1. The van der Waals surface area contributed by atoms with E-state index in [2.05, 4.69) is 21.4 Å². The second kappa shape index (κ2) is 5.73. The number of anilines is 2. The van der Waals surface area contributed by atoms with E-state index in [1.54, 1.807) is 24.6 Å². The largest absolute Gasteiger partial charge is 0.496 e. The van der Waals surface area contributed by atoms with E-state index in [0.29, 0.717) is 0 Å². The lowest BCUT2D eigenvalue weighted by molar-refractivity contribution is -0.383. The fourth-order valence-electron chi connectivity index (χ4n) is 2.40. The Bertz CT molecular complexity index is 915. The van der Waals surface area contributed by atoms with Gasteiger partial charge in [0.25, 0.3) is 0 Å². The van der Waals surface area contributed by atoms with Crippen LogP contribution in [0.4, 0.5) is 10.8 Å². The standard InChI is InChI=1S/C17H13N3O2S/c1-21-14-8-11(6-7-12(14)15-9-18-10-22-15)19-17-20-13-4-2-3-5-16(13)23-17/h2-10H,1H3,(H,19,20)/p+1. The van der Waals surface area contributed by atoms with E-state index in [-0.39, 0.29) is 0 Å². The van der Waals surface area contributed by atoms with Gasteiger partial charge in [0.05, 0.1) is 22.9 Å². The van der Waals surface area contributed by atoms with E-state index < -0.39 is 0 Å². The molecule has 2 N–H and O–H groups in total. The number of para-hydroxylation sites is 1. The number of nitrogens with one attached hydrogen (secondary N) is 2. The van der Waals surface area contributed by atoms with Gasteiger partial charge in [-0.15, -0.1) is 0 Å². The fraction of sp³-hybridized carbons (Fsp3) is 0.0588. The molecule has 0 aliphatic rings. The maximum atomic E-state index is 5.48. The Morgan fingerprint density at radius 1 is 1.22 bits per heavy atom. The van der Waals surface area contributed by atoms with Crippen LogP contribution >= 0.6 is 11.3 Å². The predicted molar refractivity (Wildman–Crippen MR) is 90.2 cm³/mol. The van der Waals surface area contributed by atoms with Crippen LogP contribution < -0.4 is 15.0 Å². The van der Waals surface area contributed by atoms with Crippen molar-refractivity contribution in [1.82, 2.24) is 4.98 Å². The summed E-state index contributed by atoms with van der Waals surface area (Å²) in [6, 6.07) is 14.0. The highest BCUT2D eigenvalue weighted by atomic mass is 32.1. The molecule has 114 valence electrons. The number of hydrogen-bond acceptors (Lipinski definition) is 5. The monoisotopic (exact) mass is 324 g/mol. The maximum Gasteiger partial charge on any atom is 0.333 e. The number of hydrogen-bond donors (Lipinski definition) is 1. The van der Waals surface area contributed by atoms with Gasteiger partial charge in [0.15, 0.2) is 5.13 Å². The summed E-state index contributed by atoms with van der Waals surface area (Å²) >= 11 is 1.62. The van der Waals surface area contributed by atoms with Crippen LogP contribution in [0.15, 0.2) is 59.5 Å². The van der Waals surface area contributed by atoms with Gasteiger partial charge in [-0.1, -0.05) is 23.5 Å². The fourth-order valence-corrected chi connectivity index (χ4v) is 3.29. The van der Waals surface area contributed by atoms with Crippen molar-refractivity contribution in [3.05, 3.63) is 55.1 Å². The molecule has 0 amide bonds. The first kappa shape index (κ1) is 13.8. The normalized spacial score (nSPS) is 10.8. The van der Waals surface area contributed by atoms with Gasteiger partial charge in [-0.3, -0.25) is 0 Å². The topological polar surface area (TPSA) is 61.4 Å². The van der Waals surface area contributed by atoms with Gasteiger partial charge in [0.1, 0.15) is 5.75 Å². The second-order valence-corrected chi connectivity index (χ2v) is 5.97. The third-order valence-electron chi connectivity index (χ3n) is 3.48. The molecule has 0 atom stereocenters. The Kier molecular flexibility index (Phi) is 3.44. The van der Waals surface area contributed by atoms with Gasteiger partial charge in [-0.05, 0) is 24.3 Å². The van der Waals surface area contributed by atoms with Crippen molar-refractivity contribution < 1.29 is 14.1 Å². The van der Waals surface area contributed by atoms with E-state index >= 15 is 0 Å². The Morgan fingerprint density at radius 2 is 2.13 bits per heavy atom. The lowest BCUT2D eigenvalue weighted by atomic mass is 10.1. The summed E-state index contributed by atoms with van der Waals surface area (Å²) in [5.74, 6) is 1.47. The summed E-state index contributed by atoms with van der Waals surface area (Å²) in [6.07, 6.45) is 3.32. The van der Waals surface area contributed by atoms with Gasteiger partial charge in [0.2, 0.25) is 12.0 Å². The molecule has 0 spiro atoms. The van der Waals surface area contributed by atoms with Crippen LogP contribution in [-0.2, 0) is 0 Å². The molecule has 0 fully saturated rings. The van der Waals surface area contributed by atoms with Gasteiger partial charge >= 0.3 is 6.39 Å². The molecular formula is C17H14N3O2S+. The Labute approximate surface area is 136 Å². The number of aromatic nitrogens is 2. The highest BCUT2D eigenvalue weighted by Crippen LogP contribution is 2.34. The van der Waals surface area contributed by atoms with E-state index in [1.165, 1.54) is 6.39 Å². The van der Waals surface area contributed by atoms with Crippen LogP contribution in [0, 0.1) is 0 Å². The molecule has 0 aliphatic carbocycles. The molecule has 5 nitrogen and oxygen atoms in total. The van der Waals surface area contributed by atoms with Crippen LogP contribution in [-0.4, -0.2) is 12.1 Å². The quantitative estimate of drug-likeness (QED) is 0.613. The summed E-state index contributed by atoms with van der Waals surface area (Å²) in [4.78, 5) is 7.48. The average molecular weight is 324 g/mol. The molecule has 4 rings (SSSR count). The van der Waals surface area contributed by atoms with Crippen molar-refractivity contribution in [1.29, 1.82) is 0 Å². The van der Waals surface area contributed by atoms with Crippen molar-refractivity contribution >= 4 is 32.4 Å². The molecule has 2 aromatic carbocycles. The average Bonchev–Trinajstić information content (AvgIpc) is 3.23. The first-order chi connectivity index (χ1) is 11.3. The molecule has 0 radical (unpaired) electrons. The number of benzene rings is 2. The number of methoxy groups -OCH3 is 1. The zero-order valence-corrected chi connectivity index (χ0v) is 13.2. The summed E-state index contributed by atoms with van der Waals surface area (Å²) in [5, 5.41) is 4.18. The van der Waals surface area contributed by atoms with Crippen LogP contribution in [0.2, 0.25) is 0 Å².